The van der Waals surface area contributed by atoms with E-state index in [0.29, 0.717) is 19.7 Å². The lowest BCUT2D eigenvalue weighted by atomic mass is 10.1. The van der Waals surface area contributed by atoms with Gasteiger partial charge in [0.2, 0.25) is 0 Å². The molecular formula is C20H23N3O2S. The first-order valence-electron chi connectivity index (χ1n) is 8.72. The minimum Gasteiger partial charge on any atom is -0.492 e. The normalized spacial score (nSPS) is 12.1. The smallest absolute Gasteiger partial charge is 0.119 e. The Morgan fingerprint density at radius 1 is 1.23 bits per heavy atom. The minimum atomic E-state index is -0.561. The highest BCUT2D eigenvalue weighted by Crippen LogP contribution is 2.24. The summed E-state index contributed by atoms with van der Waals surface area (Å²) in [5.74, 6) is 0.828. The van der Waals surface area contributed by atoms with Crippen LogP contribution in [0.15, 0.2) is 54.2 Å². The third-order valence-electron chi connectivity index (χ3n) is 3.96. The van der Waals surface area contributed by atoms with Crippen molar-refractivity contribution >= 4 is 11.3 Å². The maximum Gasteiger partial charge on any atom is 0.119 e. The summed E-state index contributed by atoms with van der Waals surface area (Å²) < 4.78 is 5.74. The molecule has 0 aliphatic carbocycles. The van der Waals surface area contributed by atoms with E-state index in [1.165, 1.54) is 0 Å². The van der Waals surface area contributed by atoms with Gasteiger partial charge in [0, 0.05) is 42.0 Å². The molecule has 5 nitrogen and oxygen atoms in total. The molecule has 0 bridgehead atoms. The van der Waals surface area contributed by atoms with Gasteiger partial charge in [-0.05, 0) is 36.8 Å². The molecule has 2 N–H and O–H groups in total. The van der Waals surface area contributed by atoms with Gasteiger partial charge in [0.1, 0.15) is 12.4 Å². The zero-order valence-corrected chi connectivity index (χ0v) is 15.6. The first kappa shape index (κ1) is 18.5. The number of thiazole rings is 1. The maximum atomic E-state index is 10.0. The van der Waals surface area contributed by atoms with Gasteiger partial charge in [0.05, 0.1) is 16.8 Å². The van der Waals surface area contributed by atoms with Crippen molar-refractivity contribution in [2.75, 3.05) is 19.7 Å². The highest BCUT2D eigenvalue weighted by molar-refractivity contribution is 7.09. The Bertz CT molecular complexity index is 790. The molecule has 2 heterocycles. The van der Waals surface area contributed by atoms with E-state index in [2.05, 4.69) is 27.6 Å². The molecule has 2 aromatic heterocycles. The van der Waals surface area contributed by atoms with Crippen molar-refractivity contribution in [1.29, 1.82) is 0 Å². The topological polar surface area (TPSA) is 67.3 Å². The molecule has 3 aromatic rings. The molecule has 0 aliphatic heterocycles. The van der Waals surface area contributed by atoms with E-state index >= 15 is 0 Å². The number of pyridine rings is 1. The van der Waals surface area contributed by atoms with E-state index in [1.807, 2.05) is 36.4 Å². The third kappa shape index (κ3) is 5.11. The lowest BCUT2D eigenvalue weighted by Gasteiger charge is -2.12. The predicted molar refractivity (Wildman–Crippen MR) is 104 cm³/mol. The zero-order chi connectivity index (χ0) is 18.2. The number of rotatable bonds is 9. The van der Waals surface area contributed by atoms with Gasteiger partial charge >= 0.3 is 0 Å². The molecule has 0 aliphatic rings. The second kappa shape index (κ2) is 9.43. The van der Waals surface area contributed by atoms with Crippen LogP contribution in [0, 0.1) is 0 Å². The van der Waals surface area contributed by atoms with Gasteiger partial charge in [-0.2, -0.15) is 0 Å². The Hall–Kier alpha value is -2.28. The van der Waals surface area contributed by atoms with Gasteiger partial charge in [-0.15, -0.1) is 11.3 Å². The monoisotopic (exact) mass is 369 g/mol. The second-order valence-corrected chi connectivity index (χ2v) is 6.80. The molecule has 136 valence electrons. The average molecular weight is 369 g/mol. The van der Waals surface area contributed by atoms with E-state index < -0.39 is 6.10 Å². The van der Waals surface area contributed by atoms with E-state index in [1.54, 1.807) is 23.7 Å². The highest BCUT2D eigenvalue weighted by Gasteiger charge is 2.06. The highest BCUT2D eigenvalue weighted by atomic mass is 32.1. The minimum absolute atomic E-state index is 0.470. The summed E-state index contributed by atoms with van der Waals surface area (Å²) in [6, 6.07) is 11.7. The van der Waals surface area contributed by atoms with Crippen molar-refractivity contribution in [1.82, 2.24) is 15.3 Å². The van der Waals surface area contributed by atoms with E-state index in [0.717, 1.165) is 34.0 Å². The second-order valence-electron chi connectivity index (χ2n) is 5.86. The molecule has 0 amide bonds. The van der Waals surface area contributed by atoms with Crippen LogP contribution in [-0.2, 0) is 6.42 Å². The Labute approximate surface area is 157 Å². The number of aryl methyl sites for hydroxylation is 1. The van der Waals surface area contributed by atoms with Gasteiger partial charge < -0.3 is 15.2 Å². The fourth-order valence-electron chi connectivity index (χ4n) is 2.50. The van der Waals surface area contributed by atoms with Crippen LogP contribution in [0.25, 0.3) is 11.3 Å². The molecule has 1 atom stereocenters. The molecule has 1 aromatic carbocycles. The van der Waals surface area contributed by atoms with Crippen LogP contribution in [0.3, 0.4) is 0 Å². The Balaban J connectivity index is 1.40. The average Bonchev–Trinajstić information content (AvgIpc) is 3.18. The Morgan fingerprint density at radius 2 is 2.08 bits per heavy atom. The SMILES string of the molecule is CCc1nc(-c2ccc(OCCNC[C@H](O)c3cccnc3)cc2)cs1. The van der Waals surface area contributed by atoms with Gasteiger partial charge in [0.25, 0.3) is 0 Å². The number of nitrogens with zero attached hydrogens (tertiary/aromatic N) is 2. The van der Waals surface area contributed by atoms with Crippen molar-refractivity contribution < 1.29 is 9.84 Å². The summed E-state index contributed by atoms with van der Waals surface area (Å²) in [4.78, 5) is 8.60. The summed E-state index contributed by atoms with van der Waals surface area (Å²) in [6.45, 7) is 3.78. The number of ether oxygens (including phenoxy) is 1. The quantitative estimate of drug-likeness (QED) is 0.565. The van der Waals surface area contributed by atoms with Gasteiger partial charge in [-0.3, -0.25) is 4.98 Å². The van der Waals surface area contributed by atoms with Crippen molar-refractivity contribution in [3.05, 3.63) is 64.7 Å². The van der Waals surface area contributed by atoms with Crippen LogP contribution in [0.1, 0.15) is 23.6 Å². The standard InChI is InChI=1S/C20H23N3O2S/c1-2-20-23-18(14-26-20)15-5-7-17(8-6-15)25-11-10-22-13-19(24)16-4-3-9-21-12-16/h3-9,12,14,19,22,24H,2,10-11,13H2,1H3/t19-/m0/s1. The largest absolute Gasteiger partial charge is 0.492 e. The van der Waals surface area contributed by atoms with Crippen LogP contribution in [0.2, 0.25) is 0 Å². The first-order valence-corrected chi connectivity index (χ1v) is 9.60. The van der Waals surface area contributed by atoms with E-state index in [-0.39, 0.29) is 0 Å². The zero-order valence-electron chi connectivity index (χ0n) is 14.8. The number of hydrogen-bond acceptors (Lipinski definition) is 6. The van der Waals surface area contributed by atoms with Gasteiger partial charge in [-0.25, -0.2) is 4.98 Å². The van der Waals surface area contributed by atoms with Crippen LogP contribution < -0.4 is 10.1 Å². The molecule has 6 heteroatoms. The van der Waals surface area contributed by atoms with Crippen LogP contribution >= 0.6 is 11.3 Å². The van der Waals surface area contributed by atoms with Crippen LogP contribution in [-0.4, -0.2) is 34.8 Å². The molecule has 0 fully saturated rings. The van der Waals surface area contributed by atoms with E-state index in [9.17, 15) is 5.11 Å². The number of aliphatic hydroxyl groups excluding tert-OH is 1. The molecule has 0 radical (unpaired) electrons. The molecule has 26 heavy (non-hydrogen) atoms. The van der Waals surface area contributed by atoms with Crippen molar-refractivity contribution in [2.45, 2.75) is 19.4 Å². The number of benzene rings is 1. The fraction of sp³-hybridized carbons (Fsp3) is 0.300. The lowest BCUT2D eigenvalue weighted by Crippen LogP contribution is -2.26. The number of aliphatic hydroxyl groups is 1. The number of nitrogens with one attached hydrogen (secondary N) is 1. The van der Waals surface area contributed by atoms with Crippen molar-refractivity contribution in [3.8, 4) is 17.0 Å². The molecule has 0 saturated heterocycles. The van der Waals surface area contributed by atoms with Gasteiger partial charge in [-0.1, -0.05) is 13.0 Å². The molecular weight excluding hydrogens is 346 g/mol. The summed E-state index contributed by atoms with van der Waals surface area (Å²) in [5, 5.41) is 16.5. The van der Waals surface area contributed by atoms with Crippen LogP contribution in [0.5, 0.6) is 5.75 Å². The van der Waals surface area contributed by atoms with Crippen LogP contribution in [0.4, 0.5) is 0 Å². The lowest BCUT2D eigenvalue weighted by molar-refractivity contribution is 0.171. The molecule has 0 saturated carbocycles. The summed E-state index contributed by atoms with van der Waals surface area (Å²) in [6.07, 6.45) is 3.78. The third-order valence-corrected chi connectivity index (χ3v) is 4.95. The Kier molecular flexibility index (Phi) is 6.71. The summed E-state index contributed by atoms with van der Waals surface area (Å²) in [5.41, 5.74) is 2.93. The predicted octanol–water partition coefficient (Wildman–Crippen LogP) is 3.47. The summed E-state index contributed by atoms with van der Waals surface area (Å²) >= 11 is 1.69. The molecule has 3 rings (SSSR count). The fourth-order valence-corrected chi connectivity index (χ4v) is 3.25. The van der Waals surface area contributed by atoms with Crippen molar-refractivity contribution in [3.63, 3.8) is 0 Å². The maximum absolute atomic E-state index is 10.0. The number of hydrogen-bond donors (Lipinski definition) is 2. The Morgan fingerprint density at radius 3 is 2.77 bits per heavy atom. The molecule has 0 unspecified atom stereocenters. The van der Waals surface area contributed by atoms with Gasteiger partial charge in [0.15, 0.2) is 0 Å². The molecule has 0 spiro atoms. The van der Waals surface area contributed by atoms with Crippen molar-refractivity contribution in [2.24, 2.45) is 0 Å². The number of aromatic nitrogens is 2. The first-order chi connectivity index (χ1) is 12.8. The van der Waals surface area contributed by atoms with E-state index in [4.69, 9.17) is 4.74 Å². The summed E-state index contributed by atoms with van der Waals surface area (Å²) in [7, 11) is 0.